The zero-order chi connectivity index (χ0) is 24.0. The van der Waals surface area contributed by atoms with Crippen LogP contribution in [0.3, 0.4) is 0 Å². The third kappa shape index (κ3) is 6.41. The second-order valence-electron chi connectivity index (χ2n) is 6.57. The summed E-state index contributed by atoms with van der Waals surface area (Å²) >= 11 is 12.3. The summed E-state index contributed by atoms with van der Waals surface area (Å²) in [5.41, 5.74) is -0.0312. The topological polar surface area (TPSA) is 131 Å². The van der Waals surface area contributed by atoms with Crippen LogP contribution in [0.5, 0.6) is 17.2 Å². The van der Waals surface area contributed by atoms with Crippen LogP contribution in [0.15, 0.2) is 48.5 Å². The molecule has 0 saturated carbocycles. The molecule has 3 rings (SSSR count). The molecule has 0 aliphatic heterocycles. The van der Waals surface area contributed by atoms with Gasteiger partial charge in [-0.05, 0) is 35.7 Å². The van der Waals surface area contributed by atoms with Crippen LogP contribution in [0.25, 0.3) is 10.8 Å². The van der Waals surface area contributed by atoms with Gasteiger partial charge in [-0.2, -0.15) is 0 Å². The number of halogens is 2. The number of ether oxygens (including phenoxy) is 3. The first kappa shape index (κ1) is 24.0. The highest BCUT2D eigenvalue weighted by Crippen LogP contribution is 2.36. The minimum Gasteiger partial charge on any atom is -0.483 e. The van der Waals surface area contributed by atoms with Crippen LogP contribution in [-0.2, 0) is 14.4 Å². The van der Waals surface area contributed by atoms with E-state index >= 15 is 0 Å². The quantitative estimate of drug-likeness (QED) is 0.384. The molecule has 0 saturated heterocycles. The molecule has 3 N–H and O–H groups in total. The number of hydrogen-bond acceptors (Lipinski definition) is 6. The Balaban J connectivity index is 1.80. The Bertz CT molecular complexity index is 1180. The van der Waals surface area contributed by atoms with Crippen LogP contribution < -0.4 is 19.5 Å². The zero-order valence-electron chi connectivity index (χ0n) is 16.8. The van der Waals surface area contributed by atoms with Crippen molar-refractivity contribution in [2.45, 2.75) is 0 Å². The lowest BCUT2D eigenvalue weighted by molar-refractivity contribution is -0.140. The molecule has 1 amide bonds. The van der Waals surface area contributed by atoms with E-state index in [1.165, 1.54) is 18.2 Å². The van der Waals surface area contributed by atoms with Gasteiger partial charge in [0.1, 0.15) is 22.9 Å². The van der Waals surface area contributed by atoms with Crippen molar-refractivity contribution in [2.75, 3.05) is 25.1 Å². The molecule has 0 bridgehead atoms. The molecule has 3 aromatic carbocycles. The molecule has 0 radical (unpaired) electrons. The predicted octanol–water partition coefficient (Wildman–Crippen LogP) is 4.09. The van der Waals surface area contributed by atoms with Crippen molar-refractivity contribution in [3.05, 3.63) is 58.6 Å². The number of carboxylic acid groups (broad SMARTS) is 2. The molecule has 0 aromatic heterocycles. The summed E-state index contributed by atoms with van der Waals surface area (Å²) in [7, 11) is 0. The number of aliphatic carboxylic acids is 2. The zero-order valence-corrected chi connectivity index (χ0v) is 18.4. The highest BCUT2D eigenvalue weighted by atomic mass is 35.5. The minimum absolute atomic E-state index is 0.0171. The standard InChI is InChI=1S/C22H17Cl2NO8/c23-13-7-12-3-1-4-15(21(12)14(24)8-13)31-9-18(26)25-22-16(32-10-19(27)28)5-2-6-17(22)33-11-20(29)30/h1-8H,9-11H2,(H,25,26)(H,27,28)(H,29,30). The highest BCUT2D eigenvalue weighted by Gasteiger charge is 2.17. The fourth-order valence-electron chi connectivity index (χ4n) is 2.90. The smallest absolute Gasteiger partial charge is 0.341 e. The van der Waals surface area contributed by atoms with E-state index in [0.29, 0.717) is 21.2 Å². The van der Waals surface area contributed by atoms with Crippen molar-refractivity contribution >= 4 is 57.5 Å². The summed E-state index contributed by atoms with van der Waals surface area (Å²) in [5, 5.41) is 22.4. The van der Waals surface area contributed by atoms with Gasteiger partial charge in [0, 0.05) is 10.4 Å². The van der Waals surface area contributed by atoms with Gasteiger partial charge in [-0.25, -0.2) is 9.59 Å². The molecule has 33 heavy (non-hydrogen) atoms. The molecule has 0 unspecified atom stereocenters. The summed E-state index contributed by atoms with van der Waals surface area (Å²) in [6.07, 6.45) is 0. The molecule has 0 aliphatic carbocycles. The van der Waals surface area contributed by atoms with Crippen molar-refractivity contribution in [2.24, 2.45) is 0 Å². The number of nitrogens with one attached hydrogen (secondary N) is 1. The van der Waals surface area contributed by atoms with Crippen molar-refractivity contribution < 1.29 is 38.8 Å². The average molecular weight is 494 g/mol. The molecular weight excluding hydrogens is 477 g/mol. The van der Waals surface area contributed by atoms with Gasteiger partial charge in [-0.15, -0.1) is 0 Å². The van der Waals surface area contributed by atoms with Gasteiger partial charge in [0.15, 0.2) is 19.8 Å². The summed E-state index contributed by atoms with van der Waals surface area (Å²) in [6, 6.07) is 12.7. The van der Waals surface area contributed by atoms with Crippen LogP contribution in [-0.4, -0.2) is 47.9 Å². The van der Waals surface area contributed by atoms with Crippen LogP contribution in [0, 0.1) is 0 Å². The van der Waals surface area contributed by atoms with E-state index in [-0.39, 0.29) is 17.2 Å². The first-order valence-electron chi connectivity index (χ1n) is 9.37. The van der Waals surface area contributed by atoms with Crippen molar-refractivity contribution in [3.8, 4) is 17.2 Å². The van der Waals surface area contributed by atoms with Crippen LogP contribution >= 0.6 is 23.2 Å². The summed E-state index contributed by atoms with van der Waals surface area (Å²) in [5.74, 6) is -2.79. The molecule has 11 heteroatoms. The lowest BCUT2D eigenvalue weighted by Crippen LogP contribution is -2.22. The third-order valence-electron chi connectivity index (χ3n) is 4.17. The van der Waals surface area contributed by atoms with E-state index in [9.17, 15) is 14.4 Å². The molecular formula is C22H17Cl2NO8. The number of carboxylic acids is 2. The Labute approximate surface area is 197 Å². The van der Waals surface area contributed by atoms with E-state index < -0.39 is 37.7 Å². The Morgan fingerprint density at radius 2 is 1.33 bits per heavy atom. The number of hydrogen-bond donors (Lipinski definition) is 3. The van der Waals surface area contributed by atoms with Crippen molar-refractivity contribution in [3.63, 3.8) is 0 Å². The van der Waals surface area contributed by atoms with Gasteiger partial charge >= 0.3 is 11.9 Å². The third-order valence-corrected chi connectivity index (χ3v) is 4.69. The summed E-state index contributed by atoms with van der Waals surface area (Å²) in [4.78, 5) is 34.3. The van der Waals surface area contributed by atoms with Crippen molar-refractivity contribution in [1.29, 1.82) is 0 Å². The molecule has 0 fully saturated rings. The molecule has 172 valence electrons. The first-order valence-corrected chi connectivity index (χ1v) is 10.1. The average Bonchev–Trinajstić information content (AvgIpc) is 2.75. The van der Waals surface area contributed by atoms with E-state index in [0.717, 1.165) is 5.39 Å². The van der Waals surface area contributed by atoms with Crippen molar-refractivity contribution in [1.82, 2.24) is 0 Å². The molecule has 9 nitrogen and oxygen atoms in total. The normalized spacial score (nSPS) is 10.5. The lowest BCUT2D eigenvalue weighted by atomic mass is 10.1. The van der Waals surface area contributed by atoms with Gasteiger partial charge < -0.3 is 29.7 Å². The van der Waals surface area contributed by atoms with Crippen LogP contribution in [0.1, 0.15) is 0 Å². The Morgan fingerprint density at radius 1 is 0.788 bits per heavy atom. The molecule has 0 spiro atoms. The summed E-state index contributed by atoms with van der Waals surface area (Å²) < 4.78 is 16.0. The number of rotatable bonds is 10. The number of amides is 1. The molecule has 0 heterocycles. The monoisotopic (exact) mass is 493 g/mol. The van der Waals surface area contributed by atoms with Crippen LogP contribution in [0.4, 0.5) is 5.69 Å². The summed E-state index contributed by atoms with van der Waals surface area (Å²) in [6.45, 7) is -1.80. The molecule has 3 aromatic rings. The number of para-hydroxylation sites is 1. The number of anilines is 1. The largest absolute Gasteiger partial charge is 0.483 e. The number of carbonyl (C=O) groups is 3. The number of fused-ring (bicyclic) bond motifs is 1. The second-order valence-corrected chi connectivity index (χ2v) is 7.42. The maximum Gasteiger partial charge on any atom is 0.341 e. The van der Waals surface area contributed by atoms with E-state index in [1.54, 1.807) is 30.3 Å². The Kier molecular flexibility index (Phi) is 7.81. The van der Waals surface area contributed by atoms with Gasteiger partial charge in [0.05, 0.1) is 5.02 Å². The minimum atomic E-state index is -1.24. The van der Waals surface area contributed by atoms with Crippen LogP contribution in [0.2, 0.25) is 10.0 Å². The van der Waals surface area contributed by atoms with E-state index in [4.69, 9.17) is 47.6 Å². The van der Waals surface area contributed by atoms with E-state index in [2.05, 4.69) is 5.32 Å². The van der Waals surface area contributed by atoms with Gasteiger partial charge in [0.25, 0.3) is 5.91 Å². The maximum absolute atomic E-state index is 12.6. The fraction of sp³-hybridized carbons (Fsp3) is 0.136. The van der Waals surface area contributed by atoms with Gasteiger partial charge in [0.2, 0.25) is 0 Å². The maximum atomic E-state index is 12.6. The lowest BCUT2D eigenvalue weighted by Gasteiger charge is -2.16. The fourth-order valence-corrected chi connectivity index (χ4v) is 3.50. The predicted molar refractivity (Wildman–Crippen MR) is 121 cm³/mol. The number of carbonyl (C=O) groups excluding carboxylic acids is 1. The first-order chi connectivity index (χ1) is 15.7. The highest BCUT2D eigenvalue weighted by molar-refractivity contribution is 6.39. The Hall–Kier alpha value is -3.69. The van der Waals surface area contributed by atoms with Gasteiger partial charge in [-0.1, -0.05) is 41.4 Å². The molecule has 0 aliphatic rings. The molecule has 0 atom stereocenters. The second kappa shape index (κ2) is 10.8. The Morgan fingerprint density at radius 3 is 1.94 bits per heavy atom. The SMILES string of the molecule is O=C(O)COc1cccc(OCC(=O)O)c1NC(=O)COc1cccc2cc(Cl)cc(Cl)c12. The number of benzene rings is 3. The van der Waals surface area contributed by atoms with E-state index in [1.807, 2.05) is 0 Å². The van der Waals surface area contributed by atoms with Gasteiger partial charge in [-0.3, -0.25) is 4.79 Å².